The lowest BCUT2D eigenvalue weighted by atomic mass is 9.85. The molecule has 0 unspecified atom stereocenters. The van der Waals surface area contributed by atoms with E-state index < -0.39 is 11.2 Å². The summed E-state index contributed by atoms with van der Waals surface area (Å²) in [6, 6.07) is 7.87. The summed E-state index contributed by atoms with van der Waals surface area (Å²) in [4.78, 5) is 25.1. The van der Waals surface area contributed by atoms with Crippen LogP contribution in [0.5, 0.6) is 0 Å². The quantitative estimate of drug-likeness (QED) is 0.771. The number of aromatic amines is 1. The van der Waals surface area contributed by atoms with Crippen LogP contribution >= 0.6 is 0 Å². The first kappa shape index (κ1) is 20.1. The Hall–Kier alpha value is -2.18. The summed E-state index contributed by atoms with van der Waals surface area (Å²) in [5, 5.41) is 0. The largest absolute Gasteiger partial charge is 0.374 e. The highest BCUT2D eigenvalue weighted by Crippen LogP contribution is 2.24. The molecule has 0 aliphatic carbocycles. The number of aryl methyl sites for hydroxylation is 2. The minimum absolute atomic E-state index is 0.0867. The van der Waals surface area contributed by atoms with E-state index in [0.717, 1.165) is 5.56 Å². The van der Waals surface area contributed by atoms with E-state index in [-0.39, 0.29) is 12.1 Å². The minimum atomic E-state index is -0.467. The van der Waals surface area contributed by atoms with Crippen molar-refractivity contribution in [1.29, 1.82) is 0 Å². The first-order valence-electron chi connectivity index (χ1n) is 8.74. The molecule has 0 saturated carbocycles. The van der Waals surface area contributed by atoms with Crippen LogP contribution in [-0.4, -0.2) is 22.8 Å². The zero-order chi connectivity index (χ0) is 19.3. The molecular weight excluding hydrogens is 332 g/mol. The zero-order valence-electron chi connectivity index (χ0n) is 16.2. The molecule has 0 atom stereocenters. The lowest BCUT2D eigenvalue weighted by molar-refractivity contribution is 0.0114. The van der Waals surface area contributed by atoms with Gasteiger partial charge in [0.25, 0.3) is 5.56 Å². The van der Waals surface area contributed by atoms with Gasteiger partial charge in [-0.15, -0.1) is 0 Å². The van der Waals surface area contributed by atoms with E-state index in [2.05, 4.69) is 50.9 Å². The SMILES string of the molecule is Cc1cc(COCCOCn2c(C)cc(=O)[nH]c2=O)cc(C(C)(C)C)c1. The maximum Gasteiger partial charge on any atom is 0.330 e. The van der Waals surface area contributed by atoms with Gasteiger partial charge >= 0.3 is 5.69 Å². The Kier molecular flexibility index (Phi) is 6.56. The third-order valence-corrected chi connectivity index (χ3v) is 4.11. The Bertz CT molecular complexity index is 859. The molecule has 26 heavy (non-hydrogen) atoms. The molecule has 0 fully saturated rings. The van der Waals surface area contributed by atoms with Crippen molar-refractivity contribution in [3.63, 3.8) is 0 Å². The number of aromatic nitrogens is 2. The highest BCUT2D eigenvalue weighted by molar-refractivity contribution is 5.33. The number of benzene rings is 1. The fourth-order valence-corrected chi connectivity index (χ4v) is 2.64. The average molecular weight is 360 g/mol. The van der Waals surface area contributed by atoms with E-state index in [0.29, 0.717) is 25.5 Å². The van der Waals surface area contributed by atoms with Gasteiger partial charge in [-0.2, -0.15) is 0 Å². The summed E-state index contributed by atoms with van der Waals surface area (Å²) in [7, 11) is 0. The number of nitrogens with zero attached hydrogens (tertiary/aromatic N) is 1. The van der Waals surface area contributed by atoms with Crippen molar-refractivity contribution in [3.8, 4) is 0 Å². The monoisotopic (exact) mass is 360 g/mol. The Morgan fingerprint density at radius 3 is 2.35 bits per heavy atom. The molecule has 0 radical (unpaired) electrons. The van der Waals surface area contributed by atoms with Crippen molar-refractivity contribution < 1.29 is 9.47 Å². The lowest BCUT2D eigenvalue weighted by Gasteiger charge is -2.21. The molecule has 2 aromatic rings. The van der Waals surface area contributed by atoms with Crippen LogP contribution in [0.3, 0.4) is 0 Å². The third kappa shape index (κ3) is 5.68. The number of hydrogen-bond donors (Lipinski definition) is 1. The summed E-state index contributed by atoms with van der Waals surface area (Å²) in [5.74, 6) is 0. The molecule has 0 amide bonds. The highest BCUT2D eigenvalue weighted by atomic mass is 16.5. The third-order valence-electron chi connectivity index (χ3n) is 4.11. The van der Waals surface area contributed by atoms with E-state index in [1.54, 1.807) is 6.92 Å². The fourth-order valence-electron chi connectivity index (χ4n) is 2.64. The molecule has 1 aromatic carbocycles. The Morgan fingerprint density at radius 1 is 1.00 bits per heavy atom. The van der Waals surface area contributed by atoms with Crippen LogP contribution in [0.4, 0.5) is 0 Å². The molecule has 142 valence electrons. The molecule has 2 rings (SSSR count). The zero-order valence-corrected chi connectivity index (χ0v) is 16.2. The Labute approximate surface area is 153 Å². The van der Waals surface area contributed by atoms with Crippen LogP contribution < -0.4 is 11.2 Å². The summed E-state index contributed by atoms with van der Waals surface area (Å²) in [6.07, 6.45) is 0. The molecule has 1 heterocycles. The summed E-state index contributed by atoms with van der Waals surface area (Å²) in [6.45, 7) is 11.8. The van der Waals surface area contributed by atoms with Crippen LogP contribution in [-0.2, 0) is 28.2 Å². The van der Waals surface area contributed by atoms with Crippen LogP contribution in [0.1, 0.15) is 43.2 Å². The van der Waals surface area contributed by atoms with Crippen LogP contribution in [0.25, 0.3) is 0 Å². The number of hydrogen-bond acceptors (Lipinski definition) is 4. The molecule has 0 spiro atoms. The highest BCUT2D eigenvalue weighted by Gasteiger charge is 2.14. The molecule has 0 saturated heterocycles. The predicted octanol–water partition coefficient (Wildman–Crippen LogP) is 2.64. The van der Waals surface area contributed by atoms with Crippen LogP contribution in [0, 0.1) is 13.8 Å². The second-order valence-corrected chi connectivity index (χ2v) is 7.56. The molecule has 1 aromatic heterocycles. The maximum absolute atomic E-state index is 11.7. The van der Waals surface area contributed by atoms with Gasteiger partial charge in [-0.1, -0.05) is 44.5 Å². The topological polar surface area (TPSA) is 73.3 Å². The van der Waals surface area contributed by atoms with Gasteiger partial charge in [-0.25, -0.2) is 4.79 Å². The second-order valence-electron chi connectivity index (χ2n) is 7.56. The van der Waals surface area contributed by atoms with Gasteiger partial charge in [-0.05, 0) is 30.4 Å². The van der Waals surface area contributed by atoms with Gasteiger partial charge in [0.2, 0.25) is 0 Å². The van der Waals surface area contributed by atoms with Crippen molar-refractivity contribution in [2.24, 2.45) is 0 Å². The van der Waals surface area contributed by atoms with Crippen molar-refractivity contribution >= 4 is 0 Å². The van der Waals surface area contributed by atoms with Gasteiger partial charge in [-0.3, -0.25) is 14.3 Å². The molecule has 0 aliphatic rings. The van der Waals surface area contributed by atoms with Crippen molar-refractivity contribution in [1.82, 2.24) is 9.55 Å². The van der Waals surface area contributed by atoms with E-state index in [9.17, 15) is 9.59 Å². The normalized spacial score (nSPS) is 11.7. The molecule has 0 bridgehead atoms. The number of H-pyrrole nitrogens is 1. The Morgan fingerprint density at radius 2 is 1.69 bits per heavy atom. The standard InChI is InChI=1S/C20H28N2O4/c1-14-8-16(11-17(9-14)20(3,4)5)12-25-6-7-26-13-22-15(2)10-18(23)21-19(22)24/h8-11H,6-7,12-13H2,1-5H3,(H,21,23,24). The minimum Gasteiger partial charge on any atom is -0.374 e. The van der Waals surface area contributed by atoms with Crippen LogP contribution in [0.2, 0.25) is 0 Å². The molecule has 0 aliphatic heterocycles. The van der Waals surface area contributed by atoms with E-state index in [1.807, 2.05) is 0 Å². The lowest BCUT2D eigenvalue weighted by Crippen LogP contribution is -2.32. The number of ether oxygens (including phenoxy) is 2. The van der Waals surface area contributed by atoms with E-state index >= 15 is 0 Å². The molecule has 6 heteroatoms. The summed E-state index contributed by atoms with van der Waals surface area (Å²) < 4.78 is 12.5. The first-order chi connectivity index (χ1) is 12.2. The van der Waals surface area contributed by atoms with E-state index in [4.69, 9.17) is 9.47 Å². The Balaban J connectivity index is 1.81. The molecular formula is C20H28N2O4. The van der Waals surface area contributed by atoms with Crippen molar-refractivity contribution in [3.05, 3.63) is 67.5 Å². The van der Waals surface area contributed by atoms with Gasteiger partial charge in [0.15, 0.2) is 0 Å². The number of nitrogens with one attached hydrogen (secondary N) is 1. The summed E-state index contributed by atoms with van der Waals surface area (Å²) in [5.41, 5.74) is 3.45. The first-order valence-corrected chi connectivity index (χ1v) is 8.74. The van der Waals surface area contributed by atoms with Crippen LogP contribution in [0.15, 0.2) is 33.9 Å². The van der Waals surface area contributed by atoms with Gasteiger partial charge in [0.05, 0.1) is 19.8 Å². The second kappa shape index (κ2) is 8.47. The summed E-state index contributed by atoms with van der Waals surface area (Å²) >= 11 is 0. The fraction of sp³-hybridized carbons (Fsp3) is 0.500. The molecule has 6 nitrogen and oxygen atoms in total. The predicted molar refractivity (Wildman–Crippen MR) is 102 cm³/mol. The molecule has 1 N–H and O–H groups in total. The maximum atomic E-state index is 11.7. The van der Waals surface area contributed by atoms with Crippen molar-refractivity contribution in [2.45, 2.75) is 53.4 Å². The van der Waals surface area contributed by atoms with Crippen molar-refractivity contribution in [2.75, 3.05) is 13.2 Å². The smallest absolute Gasteiger partial charge is 0.330 e. The average Bonchev–Trinajstić information content (AvgIpc) is 2.51. The van der Waals surface area contributed by atoms with Gasteiger partial charge in [0, 0.05) is 11.8 Å². The van der Waals surface area contributed by atoms with Gasteiger partial charge < -0.3 is 9.47 Å². The van der Waals surface area contributed by atoms with Gasteiger partial charge in [0.1, 0.15) is 6.73 Å². The van der Waals surface area contributed by atoms with E-state index in [1.165, 1.54) is 21.8 Å². The number of rotatable bonds is 7.